The summed E-state index contributed by atoms with van der Waals surface area (Å²) < 4.78 is 26.8. The smallest absolute Gasteiger partial charge is 0.257 e. The first kappa shape index (κ1) is 18.0. The van der Waals surface area contributed by atoms with Gasteiger partial charge in [-0.1, -0.05) is 24.3 Å². The van der Waals surface area contributed by atoms with Gasteiger partial charge in [0.05, 0.1) is 6.54 Å². The summed E-state index contributed by atoms with van der Waals surface area (Å²) in [5.41, 5.74) is 12.6. The number of hydrogen-bond donors (Lipinski definition) is 2. The number of guanidine groups is 1. The maximum atomic E-state index is 13.4. The topological polar surface area (TPSA) is 84.7 Å². The van der Waals surface area contributed by atoms with Crippen molar-refractivity contribution in [2.75, 3.05) is 0 Å². The van der Waals surface area contributed by atoms with Crippen molar-refractivity contribution in [1.29, 1.82) is 0 Å². The number of halogens is 2. The zero-order valence-corrected chi connectivity index (χ0v) is 14.4. The summed E-state index contributed by atoms with van der Waals surface area (Å²) in [6.07, 6.45) is 0.0593. The van der Waals surface area contributed by atoms with Crippen LogP contribution in [-0.4, -0.2) is 22.3 Å². The Kier molecular flexibility index (Phi) is 4.73. The number of amides is 1. The average molecular weight is 358 g/mol. The van der Waals surface area contributed by atoms with Gasteiger partial charge in [0.1, 0.15) is 17.2 Å². The zero-order chi connectivity index (χ0) is 18.9. The molecular weight excluding hydrogens is 338 g/mol. The number of carbonyl (C=O) groups excluding carboxylic acids is 1. The van der Waals surface area contributed by atoms with Gasteiger partial charge in [-0.3, -0.25) is 9.69 Å². The summed E-state index contributed by atoms with van der Waals surface area (Å²) in [7, 11) is 0. The molecule has 7 heteroatoms. The molecule has 0 spiro atoms. The highest BCUT2D eigenvalue weighted by Crippen LogP contribution is 2.27. The second-order valence-electron chi connectivity index (χ2n) is 6.61. The Labute approximate surface area is 150 Å². The van der Waals surface area contributed by atoms with Crippen molar-refractivity contribution in [3.05, 3.63) is 70.8 Å². The van der Waals surface area contributed by atoms with Crippen molar-refractivity contribution in [1.82, 2.24) is 4.90 Å². The number of hydrogen-bond acceptors (Lipinski definition) is 4. The van der Waals surface area contributed by atoms with E-state index in [1.165, 1.54) is 17.0 Å². The molecule has 0 unspecified atom stereocenters. The molecule has 0 fully saturated rings. The van der Waals surface area contributed by atoms with Gasteiger partial charge in [-0.15, -0.1) is 0 Å². The fourth-order valence-electron chi connectivity index (χ4n) is 3.10. The third-order valence-electron chi connectivity index (χ3n) is 4.41. The van der Waals surface area contributed by atoms with Gasteiger partial charge in [-0.05, 0) is 35.7 Å². The summed E-state index contributed by atoms with van der Waals surface area (Å²) in [6.45, 7) is 2.32. The van der Waals surface area contributed by atoms with E-state index < -0.39 is 17.2 Å². The van der Waals surface area contributed by atoms with Gasteiger partial charge in [0.15, 0.2) is 5.96 Å². The normalized spacial score (nSPS) is 19.8. The Bertz CT molecular complexity index is 846. The summed E-state index contributed by atoms with van der Waals surface area (Å²) in [6, 6.07) is 10.7. The van der Waals surface area contributed by atoms with Crippen molar-refractivity contribution in [3.63, 3.8) is 0 Å². The zero-order valence-electron chi connectivity index (χ0n) is 14.4. The van der Waals surface area contributed by atoms with Gasteiger partial charge in [-0.2, -0.15) is 0 Å². The minimum atomic E-state index is -1.19. The van der Waals surface area contributed by atoms with Crippen molar-refractivity contribution >= 4 is 11.9 Å². The maximum absolute atomic E-state index is 13.4. The second-order valence-corrected chi connectivity index (χ2v) is 6.61. The van der Waals surface area contributed by atoms with Crippen molar-refractivity contribution < 1.29 is 13.6 Å². The predicted octanol–water partition coefficient (Wildman–Crippen LogP) is 2.08. The summed E-state index contributed by atoms with van der Waals surface area (Å²) in [5, 5.41) is 0. The van der Waals surface area contributed by atoms with Crippen LogP contribution in [0.5, 0.6) is 0 Å². The van der Waals surface area contributed by atoms with Crippen LogP contribution in [0.1, 0.15) is 23.6 Å². The van der Waals surface area contributed by atoms with E-state index >= 15 is 0 Å². The highest BCUT2D eigenvalue weighted by atomic mass is 19.1. The van der Waals surface area contributed by atoms with Gasteiger partial charge in [0.2, 0.25) is 0 Å². The van der Waals surface area contributed by atoms with E-state index in [4.69, 9.17) is 11.5 Å². The Morgan fingerprint density at radius 1 is 1.04 bits per heavy atom. The lowest BCUT2D eigenvalue weighted by Crippen LogP contribution is -2.43. The lowest BCUT2D eigenvalue weighted by molar-refractivity contribution is -0.131. The van der Waals surface area contributed by atoms with Crippen LogP contribution in [0.3, 0.4) is 0 Å². The summed E-state index contributed by atoms with van der Waals surface area (Å²) in [4.78, 5) is 18.5. The average Bonchev–Trinajstić information content (AvgIpc) is 2.77. The van der Waals surface area contributed by atoms with Crippen LogP contribution in [0.15, 0.2) is 47.5 Å². The van der Waals surface area contributed by atoms with E-state index in [0.717, 1.165) is 17.2 Å². The molecule has 0 saturated carbocycles. The Hall–Kier alpha value is -2.80. The Morgan fingerprint density at radius 2 is 1.62 bits per heavy atom. The molecule has 3 rings (SSSR count). The molecule has 1 atom stereocenters. The number of carbonyl (C=O) groups is 1. The highest BCUT2D eigenvalue weighted by Gasteiger charge is 2.44. The third kappa shape index (κ3) is 3.57. The second kappa shape index (κ2) is 6.84. The van der Waals surface area contributed by atoms with E-state index in [1.807, 2.05) is 24.3 Å². The van der Waals surface area contributed by atoms with Crippen LogP contribution >= 0.6 is 0 Å². The van der Waals surface area contributed by atoms with Crippen LogP contribution in [0.2, 0.25) is 0 Å². The first-order chi connectivity index (χ1) is 12.3. The minimum Gasteiger partial charge on any atom is -0.369 e. The molecule has 1 heterocycles. The molecule has 136 valence electrons. The van der Waals surface area contributed by atoms with Gasteiger partial charge in [-0.25, -0.2) is 13.8 Å². The number of aliphatic imine (C=N–C) groups is 1. The van der Waals surface area contributed by atoms with Crippen molar-refractivity contribution in [2.45, 2.75) is 32.0 Å². The first-order valence-electron chi connectivity index (χ1n) is 8.21. The molecule has 26 heavy (non-hydrogen) atoms. The molecule has 2 aromatic carbocycles. The fraction of sp³-hybridized carbons (Fsp3) is 0.263. The minimum absolute atomic E-state index is 0.0593. The molecular formula is C19H20F2N4O. The van der Waals surface area contributed by atoms with E-state index in [2.05, 4.69) is 4.99 Å². The van der Waals surface area contributed by atoms with E-state index in [9.17, 15) is 13.6 Å². The van der Waals surface area contributed by atoms with Gasteiger partial charge in [0, 0.05) is 19.0 Å². The number of benzene rings is 2. The largest absolute Gasteiger partial charge is 0.369 e. The van der Waals surface area contributed by atoms with E-state index in [-0.39, 0.29) is 24.8 Å². The highest BCUT2D eigenvalue weighted by molar-refractivity contribution is 6.06. The molecule has 1 aliphatic rings. The van der Waals surface area contributed by atoms with Crippen LogP contribution in [0, 0.1) is 11.6 Å². The summed E-state index contributed by atoms with van der Waals surface area (Å²) >= 11 is 0. The number of rotatable bonds is 5. The fourth-order valence-corrected chi connectivity index (χ4v) is 3.10. The number of nitrogens with two attached hydrogens (primary N) is 2. The lowest BCUT2D eigenvalue weighted by Gasteiger charge is -2.22. The predicted molar refractivity (Wildman–Crippen MR) is 95.0 cm³/mol. The SMILES string of the molecule is C[C@]1(Cc2cc(F)cc(F)c2)N=C(N)N(Cc2ccc(CN)cc2)C1=O. The Morgan fingerprint density at radius 3 is 2.19 bits per heavy atom. The number of nitrogens with zero attached hydrogens (tertiary/aromatic N) is 2. The molecule has 0 aromatic heterocycles. The monoisotopic (exact) mass is 358 g/mol. The van der Waals surface area contributed by atoms with Crippen LogP contribution in [-0.2, 0) is 24.3 Å². The van der Waals surface area contributed by atoms with Crippen LogP contribution < -0.4 is 11.5 Å². The molecule has 0 aliphatic carbocycles. The Balaban J connectivity index is 1.79. The van der Waals surface area contributed by atoms with Crippen molar-refractivity contribution in [2.24, 2.45) is 16.5 Å². The third-order valence-corrected chi connectivity index (χ3v) is 4.41. The molecule has 0 radical (unpaired) electrons. The van der Waals surface area contributed by atoms with Crippen LogP contribution in [0.25, 0.3) is 0 Å². The van der Waals surface area contributed by atoms with E-state index in [1.54, 1.807) is 6.92 Å². The van der Waals surface area contributed by atoms with E-state index in [0.29, 0.717) is 12.1 Å². The van der Waals surface area contributed by atoms with Gasteiger partial charge < -0.3 is 11.5 Å². The molecule has 2 aromatic rings. The quantitative estimate of drug-likeness (QED) is 0.858. The van der Waals surface area contributed by atoms with Crippen LogP contribution in [0.4, 0.5) is 8.78 Å². The van der Waals surface area contributed by atoms with Gasteiger partial charge >= 0.3 is 0 Å². The lowest BCUT2D eigenvalue weighted by atomic mass is 9.92. The molecule has 5 nitrogen and oxygen atoms in total. The molecule has 4 N–H and O–H groups in total. The summed E-state index contributed by atoms with van der Waals surface area (Å²) in [5.74, 6) is -1.59. The first-order valence-corrected chi connectivity index (χ1v) is 8.21. The molecule has 0 bridgehead atoms. The molecule has 0 saturated heterocycles. The maximum Gasteiger partial charge on any atom is 0.257 e. The van der Waals surface area contributed by atoms with Crippen molar-refractivity contribution in [3.8, 4) is 0 Å². The molecule has 1 amide bonds. The molecule has 1 aliphatic heterocycles. The van der Waals surface area contributed by atoms with Gasteiger partial charge in [0.25, 0.3) is 5.91 Å². The standard InChI is InChI=1S/C19H20F2N4O/c1-19(9-14-6-15(20)8-16(21)7-14)17(26)25(18(23)24-19)11-13-4-2-12(10-22)3-5-13/h2-8H,9-11,22H2,1H3,(H2,23,24)/t19-/m1/s1.